The molecule has 1 rings (SSSR count). The Hall–Kier alpha value is -1.23. The summed E-state index contributed by atoms with van der Waals surface area (Å²) in [5.41, 5.74) is 5.21. The Morgan fingerprint density at radius 2 is 2.23 bits per heavy atom. The standard InChI is InChI=1S/C8H10F2N2O/c1-4-5(2-11)6(7(9)10)3-12-8(4)13/h3,7H,2,11H2,1H3,(H,12,13). The molecule has 0 radical (unpaired) electrons. The SMILES string of the molecule is Cc1c(CN)c(C(F)F)c[nH]c1=O. The van der Waals surface area contributed by atoms with Crippen molar-refractivity contribution in [3.63, 3.8) is 0 Å². The van der Waals surface area contributed by atoms with Crippen LogP contribution in [0.5, 0.6) is 0 Å². The molecule has 1 aromatic rings. The molecule has 0 aliphatic carbocycles. The van der Waals surface area contributed by atoms with Crippen LogP contribution in [-0.4, -0.2) is 4.98 Å². The van der Waals surface area contributed by atoms with Crippen molar-refractivity contribution in [1.29, 1.82) is 0 Å². The van der Waals surface area contributed by atoms with Crippen LogP contribution in [0, 0.1) is 6.92 Å². The van der Waals surface area contributed by atoms with Gasteiger partial charge in [0.15, 0.2) is 0 Å². The van der Waals surface area contributed by atoms with Crippen LogP contribution in [0.25, 0.3) is 0 Å². The first-order chi connectivity index (χ1) is 6.07. The lowest BCUT2D eigenvalue weighted by Gasteiger charge is -2.08. The van der Waals surface area contributed by atoms with Gasteiger partial charge in [-0.15, -0.1) is 0 Å². The van der Waals surface area contributed by atoms with Crippen LogP contribution in [0.2, 0.25) is 0 Å². The van der Waals surface area contributed by atoms with E-state index in [9.17, 15) is 13.6 Å². The highest BCUT2D eigenvalue weighted by Crippen LogP contribution is 2.22. The molecule has 1 heterocycles. The second kappa shape index (κ2) is 3.66. The Balaban J connectivity index is 3.38. The normalized spacial score (nSPS) is 10.8. The summed E-state index contributed by atoms with van der Waals surface area (Å²) in [5, 5.41) is 0. The van der Waals surface area contributed by atoms with Crippen molar-refractivity contribution in [2.75, 3.05) is 0 Å². The van der Waals surface area contributed by atoms with Gasteiger partial charge < -0.3 is 10.7 Å². The van der Waals surface area contributed by atoms with Crippen molar-refractivity contribution in [2.24, 2.45) is 5.73 Å². The highest BCUT2D eigenvalue weighted by molar-refractivity contribution is 5.31. The summed E-state index contributed by atoms with van der Waals surface area (Å²) in [6, 6.07) is 0. The van der Waals surface area contributed by atoms with Gasteiger partial charge in [0.25, 0.3) is 12.0 Å². The first kappa shape index (κ1) is 9.85. The second-order valence-electron chi connectivity index (χ2n) is 2.68. The predicted molar refractivity (Wildman–Crippen MR) is 44.6 cm³/mol. The number of rotatable bonds is 2. The zero-order valence-corrected chi connectivity index (χ0v) is 7.10. The van der Waals surface area contributed by atoms with Gasteiger partial charge in [0.1, 0.15) is 0 Å². The summed E-state index contributed by atoms with van der Waals surface area (Å²) in [5.74, 6) is 0. The molecular weight excluding hydrogens is 178 g/mol. The number of aromatic nitrogens is 1. The van der Waals surface area contributed by atoms with Crippen LogP contribution in [-0.2, 0) is 6.54 Å². The summed E-state index contributed by atoms with van der Waals surface area (Å²) in [6.45, 7) is 1.43. The smallest absolute Gasteiger partial charge is 0.265 e. The minimum absolute atomic E-state index is 0.0462. The largest absolute Gasteiger partial charge is 0.328 e. The van der Waals surface area contributed by atoms with Crippen molar-refractivity contribution in [3.05, 3.63) is 33.2 Å². The van der Waals surface area contributed by atoms with E-state index in [4.69, 9.17) is 5.73 Å². The highest BCUT2D eigenvalue weighted by atomic mass is 19.3. The maximum atomic E-state index is 12.3. The number of nitrogens with two attached hydrogens (primary N) is 1. The van der Waals surface area contributed by atoms with E-state index in [-0.39, 0.29) is 28.8 Å². The van der Waals surface area contributed by atoms with Crippen LogP contribution >= 0.6 is 0 Å². The summed E-state index contributed by atoms with van der Waals surface area (Å²) in [6.07, 6.45) is -1.59. The molecule has 0 saturated carbocycles. The molecule has 0 spiro atoms. The molecule has 13 heavy (non-hydrogen) atoms. The number of nitrogens with one attached hydrogen (secondary N) is 1. The number of hydrogen-bond acceptors (Lipinski definition) is 2. The lowest BCUT2D eigenvalue weighted by atomic mass is 10.1. The van der Waals surface area contributed by atoms with Gasteiger partial charge in [0.05, 0.1) is 0 Å². The fraction of sp³-hybridized carbons (Fsp3) is 0.375. The molecule has 0 fully saturated rings. The van der Waals surface area contributed by atoms with Crippen LogP contribution < -0.4 is 11.3 Å². The molecule has 0 aromatic carbocycles. The van der Waals surface area contributed by atoms with Crippen LogP contribution in [0.4, 0.5) is 8.78 Å². The van der Waals surface area contributed by atoms with E-state index < -0.39 is 6.43 Å². The monoisotopic (exact) mass is 188 g/mol. The molecule has 5 heteroatoms. The van der Waals surface area contributed by atoms with Crippen molar-refractivity contribution >= 4 is 0 Å². The lowest BCUT2D eigenvalue weighted by Crippen LogP contribution is -2.16. The fourth-order valence-corrected chi connectivity index (χ4v) is 1.16. The number of aromatic amines is 1. The van der Waals surface area contributed by atoms with Gasteiger partial charge in [0.2, 0.25) is 0 Å². The molecule has 0 saturated heterocycles. The third kappa shape index (κ3) is 1.75. The van der Waals surface area contributed by atoms with Gasteiger partial charge in [-0.1, -0.05) is 0 Å². The quantitative estimate of drug-likeness (QED) is 0.729. The van der Waals surface area contributed by atoms with Crippen LogP contribution in [0.15, 0.2) is 11.0 Å². The van der Waals surface area contributed by atoms with E-state index >= 15 is 0 Å². The fourth-order valence-electron chi connectivity index (χ4n) is 1.16. The third-order valence-electron chi connectivity index (χ3n) is 1.94. The zero-order chi connectivity index (χ0) is 10.0. The maximum Gasteiger partial charge on any atom is 0.265 e. The number of H-pyrrole nitrogens is 1. The third-order valence-corrected chi connectivity index (χ3v) is 1.94. The minimum atomic E-state index is -2.60. The van der Waals surface area contributed by atoms with Gasteiger partial charge in [-0.3, -0.25) is 4.79 Å². The van der Waals surface area contributed by atoms with Crippen molar-refractivity contribution in [3.8, 4) is 0 Å². The van der Waals surface area contributed by atoms with Crippen molar-refractivity contribution < 1.29 is 8.78 Å². The number of hydrogen-bond donors (Lipinski definition) is 2. The Kier molecular flexibility index (Phi) is 2.77. The molecule has 0 aliphatic heterocycles. The molecule has 72 valence electrons. The summed E-state index contributed by atoms with van der Waals surface area (Å²) in [4.78, 5) is 13.3. The van der Waals surface area contributed by atoms with Gasteiger partial charge in [0, 0.05) is 23.9 Å². The Labute approximate surface area is 73.6 Å². The maximum absolute atomic E-state index is 12.3. The average Bonchev–Trinajstić information content (AvgIpc) is 2.09. The topological polar surface area (TPSA) is 58.9 Å². The average molecular weight is 188 g/mol. The van der Waals surface area contributed by atoms with Crippen molar-refractivity contribution in [2.45, 2.75) is 19.9 Å². The van der Waals surface area contributed by atoms with Crippen LogP contribution in [0.3, 0.4) is 0 Å². The number of pyridine rings is 1. The molecule has 0 unspecified atom stereocenters. The van der Waals surface area contributed by atoms with E-state index in [2.05, 4.69) is 4.98 Å². The Morgan fingerprint density at radius 1 is 1.62 bits per heavy atom. The molecule has 3 N–H and O–H groups in total. The summed E-state index contributed by atoms with van der Waals surface area (Å²) >= 11 is 0. The molecule has 1 aromatic heterocycles. The Morgan fingerprint density at radius 3 is 2.69 bits per heavy atom. The Bertz CT molecular complexity index is 360. The van der Waals surface area contributed by atoms with Gasteiger partial charge in [-0.05, 0) is 12.5 Å². The first-order valence-corrected chi connectivity index (χ1v) is 3.77. The molecule has 0 bridgehead atoms. The molecule has 0 aliphatic rings. The summed E-state index contributed by atoms with van der Waals surface area (Å²) in [7, 11) is 0. The number of halogens is 2. The second-order valence-corrected chi connectivity index (χ2v) is 2.68. The van der Waals surface area contributed by atoms with E-state index in [1.165, 1.54) is 6.92 Å². The minimum Gasteiger partial charge on any atom is -0.328 e. The van der Waals surface area contributed by atoms with E-state index in [1.807, 2.05) is 0 Å². The van der Waals surface area contributed by atoms with Gasteiger partial charge in [-0.2, -0.15) is 0 Å². The predicted octanol–water partition coefficient (Wildman–Crippen LogP) is 1.08. The van der Waals surface area contributed by atoms with Crippen molar-refractivity contribution in [1.82, 2.24) is 4.98 Å². The summed E-state index contributed by atoms with van der Waals surface area (Å²) < 4.78 is 24.7. The van der Waals surface area contributed by atoms with Crippen LogP contribution in [0.1, 0.15) is 23.1 Å². The lowest BCUT2D eigenvalue weighted by molar-refractivity contribution is 0.149. The molecular formula is C8H10F2N2O. The zero-order valence-electron chi connectivity index (χ0n) is 7.10. The number of alkyl halides is 2. The van der Waals surface area contributed by atoms with E-state index in [0.29, 0.717) is 0 Å². The molecule has 3 nitrogen and oxygen atoms in total. The van der Waals surface area contributed by atoms with Gasteiger partial charge in [-0.25, -0.2) is 8.78 Å². The highest BCUT2D eigenvalue weighted by Gasteiger charge is 2.15. The van der Waals surface area contributed by atoms with E-state index in [1.54, 1.807) is 0 Å². The molecule has 0 amide bonds. The molecule has 0 atom stereocenters. The van der Waals surface area contributed by atoms with E-state index in [0.717, 1.165) is 6.20 Å². The van der Waals surface area contributed by atoms with Gasteiger partial charge >= 0.3 is 0 Å². The first-order valence-electron chi connectivity index (χ1n) is 3.77.